The van der Waals surface area contributed by atoms with Crippen LogP contribution in [0.25, 0.3) is 0 Å². The second kappa shape index (κ2) is 14.7. The van der Waals surface area contributed by atoms with Crippen LogP contribution in [0.2, 0.25) is 0 Å². The van der Waals surface area contributed by atoms with Crippen molar-refractivity contribution in [3.8, 4) is 17.2 Å². The maximum atomic E-state index is 12.4. The van der Waals surface area contributed by atoms with Gasteiger partial charge in [-0.1, -0.05) is 13.8 Å². The standard InChI is InChI=1S/C24H28I4N2O5/c1-4-29(5-2)7-6-8-30(14(3)31)21(24(33)34)11-15-9-19(27)23(20(28)10-15)35-16-12-17(25)22(32)18(26)13-16/h9-10,12-13,21,32H,4-8,11H2,1-3H3,(H,33,34)/t21-/m1/s1. The van der Waals surface area contributed by atoms with Gasteiger partial charge in [0.1, 0.15) is 17.5 Å². The topological polar surface area (TPSA) is 90.3 Å². The largest absolute Gasteiger partial charge is 0.506 e. The van der Waals surface area contributed by atoms with Crippen molar-refractivity contribution in [2.75, 3.05) is 26.2 Å². The maximum absolute atomic E-state index is 12.4. The lowest BCUT2D eigenvalue weighted by atomic mass is 10.0. The highest BCUT2D eigenvalue weighted by atomic mass is 127. The average Bonchev–Trinajstić information content (AvgIpc) is 2.78. The van der Waals surface area contributed by atoms with Crippen molar-refractivity contribution >= 4 is 102 Å². The summed E-state index contributed by atoms with van der Waals surface area (Å²) < 4.78 is 9.19. The number of carbonyl (C=O) groups excluding carboxylic acids is 1. The minimum Gasteiger partial charge on any atom is -0.506 e. The van der Waals surface area contributed by atoms with Crippen LogP contribution in [-0.2, 0) is 16.0 Å². The number of carboxylic acids is 1. The smallest absolute Gasteiger partial charge is 0.326 e. The van der Waals surface area contributed by atoms with Gasteiger partial charge >= 0.3 is 5.97 Å². The molecular weight excluding hydrogens is 904 g/mol. The molecule has 0 unspecified atom stereocenters. The molecule has 192 valence electrons. The number of carbonyl (C=O) groups is 2. The molecule has 2 N–H and O–H groups in total. The van der Waals surface area contributed by atoms with Gasteiger partial charge in [-0.15, -0.1) is 0 Å². The summed E-state index contributed by atoms with van der Waals surface area (Å²) in [6, 6.07) is 6.39. The lowest BCUT2D eigenvalue weighted by Crippen LogP contribution is -2.46. The molecule has 0 saturated heterocycles. The Balaban J connectivity index is 2.24. The first kappa shape index (κ1) is 31.1. The molecule has 0 aromatic heterocycles. The van der Waals surface area contributed by atoms with Crippen LogP contribution in [-0.4, -0.2) is 64.1 Å². The lowest BCUT2D eigenvalue weighted by molar-refractivity contribution is -0.149. The maximum Gasteiger partial charge on any atom is 0.326 e. The van der Waals surface area contributed by atoms with Crippen molar-refractivity contribution in [3.05, 3.63) is 44.1 Å². The van der Waals surface area contributed by atoms with Gasteiger partial charge in [-0.25, -0.2) is 4.79 Å². The minimum atomic E-state index is -1.01. The summed E-state index contributed by atoms with van der Waals surface area (Å²) in [5.74, 6) is 0.255. The van der Waals surface area contributed by atoms with Crippen LogP contribution in [0.15, 0.2) is 24.3 Å². The van der Waals surface area contributed by atoms with Gasteiger partial charge in [-0.05, 0) is 146 Å². The van der Waals surface area contributed by atoms with Crippen molar-refractivity contribution in [3.63, 3.8) is 0 Å². The molecule has 2 aromatic rings. The first-order chi connectivity index (χ1) is 16.5. The van der Waals surface area contributed by atoms with E-state index in [-0.39, 0.29) is 18.1 Å². The van der Waals surface area contributed by atoms with E-state index < -0.39 is 12.0 Å². The highest BCUT2D eigenvalue weighted by molar-refractivity contribution is 14.1. The Bertz CT molecular complexity index is 1020. The third-order valence-electron chi connectivity index (χ3n) is 5.53. The Kier molecular flexibility index (Phi) is 13.1. The third kappa shape index (κ3) is 8.98. The van der Waals surface area contributed by atoms with Crippen molar-refractivity contribution in [2.24, 2.45) is 0 Å². The fraction of sp³-hybridized carbons (Fsp3) is 0.417. The van der Waals surface area contributed by atoms with Crippen LogP contribution < -0.4 is 4.74 Å². The number of ether oxygens (including phenoxy) is 1. The molecule has 2 aromatic carbocycles. The van der Waals surface area contributed by atoms with E-state index in [2.05, 4.69) is 109 Å². The third-order valence-corrected chi connectivity index (χ3v) is 8.78. The Labute approximate surface area is 260 Å². The zero-order valence-electron chi connectivity index (χ0n) is 19.7. The second-order valence-electron chi connectivity index (χ2n) is 7.88. The van der Waals surface area contributed by atoms with Crippen LogP contribution in [0.4, 0.5) is 0 Å². The van der Waals surface area contributed by atoms with E-state index in [0.29, 0.717) is 25.2 Å². The molecule has 1 amide bonds. The van der Waals surface area contributed by atoms with Crippen LogP contribution in [0, 0.1) is 14.3 Å². The van der Waals surface area contributed by atoms with E-state index in [1.165, 1.54) is 11.8 Å². The first-order valence-electron chi connectivity index (χ1n) is 11.0. The van der Waals surface area contributed by atoms with Crippen LogP contribution in [0.5, 0.6) is 17.2 Å². The minimum absolute atomic E-state index is 0.210. The molecule has 0 spiro atoms. The molecule has 0 radical (unpaired) electrons. The number of rotatable bonds is 12. The zero-order chi connectivity index (χ0) is 26.3. The summed E-state index contributed by atoms with van der Waals surface area (Å²) in [5.41, 5.74) is 0.823. The van der Waals surface area contributed by atoms with E-state index in [9.17, 15) is 19.8 Å². The lowest BCUT2D eigenvalue weighted by Gasteiger charge is -2.29. The molecule has 0 heterocycles. The Morgan fingerprint density at radius 2 is 1.49 bits per heavy atom. The van der Waals surface area contributed by atoms with Crippen molar-refractivity contribution < 1.29 is 24.5 Å². The van der Waals surface area contributed by atoms with Gasteiger partial charge in [0.15, 0.2) is 5.75 Å². The average molecular weight is 932 g/mol. The Morgan fingerprint density at radius 1 is 0.943 bits per heavy atom. The van der Waals surface area contributed by atoms with Gasteiger partial charge in [0.05, 0.1) is 14.3 Å². The van der Waals surface area contributed by atoms with Gasteiger partial charge in [0, 0.05) is 19.9 Å². The number of benzene rings is 2. The number of hydrogen-bond acceptors (Lipinski definition) is 5. The number of aromatic hydroxyl groups is 1. The summed E-state index contributed by atoms with van der Waals surface area (Å²) in [4.78, 5) is 28.3. The van der Waals surface area contributed by atoms with Gasteiger partial charge < -0.3 is 24.7 Å². The number of hydrogen-bond donors (Lipinski definition) is 2. The zero-order valence-corrected chi connectivity index (χ0v) is 28.3. The quantitative estimate of drug-likeness (QED) is 0.248. The van der Waals surface area contributed by atoms with Crippen molar-refractivity contribution in [2.45, 2.75) is 39.7 Å². The molecular formula is C24H28I4N2O5. The van der Waals surface area contributed by atoms with E-state index in [4.69, 9.17) is 4.74 Å². The van der Waals surface area contributed by atoms with Gasteiger partial charge in [-0.3, -0.25) is 4.79 Å². The molecule has 11 heteroatoms. The highest BCUT2D eigenvalue weighted by Crippen LogP contribution is 2.37. The first-order valence-corrected chi connectivity index (χ1v) is 15.4. The predicted octanol–water partition coefficient (Wildman–Crippen LogP) is 6.18. The number of nitrogens with zero attached hydrogens (tertiary/aromatic N) is 2. The fourth-order valence-corrected chi connectivity index (χ4v) is 7.47. The van der Waals surface area contributed by atoms with Crippen molar-refractivity contribution in [1.29, 1.82) is 0 Å². The van der Waals surface area contributed by atoms with E-state index in [1.54, 1.807) is 12.1 Å². The van der Waals surface area contributed by atoms with E-state index in [0.717, 1.165) is 38.8 Å². The molecule has 2 rings (SSSR count). The molecule has 0 saturated carbocycles. The number of carboxylic acid groups (broad SMARTS) is 1. The molecule has 35 heavy (non-hydrogen) atoms. The normalized spacial score (nSPS) is 12.0. The molecule has 7 nitrogen and oxygen atoms in total. The van der Waals surface area contributed by atoms with Crippen molar-refractivity contribution in [1.82, 2.24) is 9.80 Å². The van der Waals surface area contributed by atoms with Crippen LogP contribution in [0.3, 0.4) is 0 Å². The number of phenolic OH excluding ortho intramolecular Hbond substituents is 1. The summed E-state index contributed by atoms with van der Waals surface area (Å²) in [7, 11) is 0. The molecule has 0 bridgehead atoms. The fourth-order valence-electron chi connectivity index (χ4n) is 3.64. The van der Waals surface area contributed by atoms with Gasteiger partial charge in [0.2, 0.25) is 5.91 Å². The molecule has 0 aliphatic carbocycles. The summed E-state index contributed by atoms with van der Waals surface area (Å²) >= 11 is 8.48. The molecule has 0 aliphatic rings. The molecule has 0 fully saturated rings. The van der Waals surface area contributed by atoms with Crippen LogP contribution >= 0.6 is 90.4 Å². The number of aliphatic carboxylic acids is 1. The number of amides is 1. The Hall–Kier alpha value is -0.140. The van der Waals surface area contributed by atoms with Gasteiger partial charge in [-0.2, -0.15) is 0 Å². The van der Waals surface area contributed by atoms with Gasteiger partial charge in [0.25, 0.3) is 0 Å². The summed E-state index contributed by atoms with van der Waals surface area (Å²) in [6.45, 7) is 8.67. The predicted molar refractivity (Wildman–Crippen MR) is 170 cm³/mol. The molecule has 1 atom stereocenters. The second-order valence-corrected chi connectivity index (χ2v) is 12.5. The summed E-state index contributed by atoms with van der Waals surface area (Å²) in [6.07, 6.45) is 0.929. The van der Waals surface area contributed by atoms with E-state index >= 15 is 0 Å². The summed E-state index contributed by atoms with van der Waals surface area (Å²) in [5, 5.41) is 20.0. The van der Waals surface area contributed by atoms with E-state index in [1.807, 2.05) is 12.1 Å². The molecule has 0 aliphatic heterocycles. The monoisotopic (exact) mass is 932 g/mol. The SMILES string of the molecule is CCN(CC)CCCN(C(C)=O)[C@H](Cc1cc(I)c(Oc2cc(I)c(O)c(I)c2)c(I)c1)C(=O)O. The number of halogens is 4. The Morgan fingerprint density at radius 3 is 1.94 bits per heavy atom. The van der Waals surface area contributed by atoms with Crippen LogP contribution in [0.1, 0.15) is 32.8 Å². The highest BCUT2D eigenvalue weighted by Gasteiger charge is 2.28. The number of phenols is 1.